The van der Waals surface area contributed by atoms with E-state index in [0.717, 1.165) is 30.1 Å². The molecule has 4 heterocycles. The highest BCUT2D eigenvalue weighted by atomic mass is 19.1. The smallest absolute Gasteiger partial charge is 0.356 e. The Balaban J connectivity index is 1.40. The SMILES string of the molecule is CCOC(=O)c1[nH]c2ccc(F)cc2c1NC(=O)[C@H](C)[NH+]1C[C@@H]2C[C@H](C1)c1cccc(=O)n1C2. The predicted octanol–water partition coefficient (Wildman–Crippen LogP) is 1.67. The van der Waals surface area contributed by atoms with E-state index in [1.54, 1.807) is 19.1 Å². The van der Waals surface area contributed by atoms with Crippen molar-refractivity contribution in [2.45, 2.75) is 38.8 Å². The van der Waals surface area contributed by atoms with Gasteiger partial charge in [0.2, 0.25) is 0 Å². The Morgan fingerprint density at radius 3 is 2.91 bits per heavy atom. The molecule has 1 aromatic carbocycles. The topological polar surface area (TPSA) is 97.6 Å². The molecule has 1 amide bonds. The highest BCUT2D eigenvalue weighted by molar-refractivity contribution is 6.11. The lowest BCUT2D eigenvalue weighted by molar-refractivity contribution is -0.924. The number of aromatic amines is 1. The van der Waals surface area contributed by atoms with Crippen molar-refractivity contribution in [2.24, 2.45) is 5.92 Å². The Hall–Kier alpha value is -3.46. The molecular formula is C25H28FN4O4+. The number of likely N-dealkylation sites (tertiary alicyclic amines) is 1. The van der Waals surface area contributed by atoms with E-state index in [1.807, 2.05) is 17.6 Å². The number of piperidine rings is 1. The number of esters is 1. The van der Waals surface area contributed by atoms with Gasteiger partial charge in [-0.05, 0) is 44.5 Å². The second-order valence-electron chi connectivity index (χ2n) is 9.26. The van der Waals surface area contributed by atoms with Gasteiger partial charge in [-0.3, -0.25) is 9.59 Å². The molecule has 34 heavy (non-hydrogen) atoms. The number of pyridine rings is 1. The molecule has 8 nitrogen and oxygen atoms in total. The molecular weight excluding hydrogens is 439 g/mol. The fourth-order valence-corrected chi connectivity index (χ4v) is 5.47. The number of hydrogen-bond donors (Lipinski definition) is 3. The van der Waals surface area contributed by atoms with Crippen molar-refractivity contribution in [3.05, 3.63) is 64.0 Å². The summed E-state index contributed by atoms with van der Waals surface area (Å²) in [5, 5.41) is 3.30. The maximum Gasteiger partial charge on any atom is 0.356 e. The van der Waals surface area contributed by atoms with Crippen molar-refractivity contribution in [3.63, 3.8) is 0 Å². The highest BCUT2D eigenvalue weighted by Crippen LogP contribution is 2.31. The third-order valence-corrected chi connectivity index (χ3v) is 7.11. The summed E-state index contributed by atoms with van der Waals surface area (Å²) < 4.78 is 21.0. The average Bonchev–Trinajstić information content (AvgIpc) is 3.17. The summed E-state index contributed by atoms with van der Waals surface area (Å²) in [6, 6.07) is 9.11. The van der Waals surface area contributed by atoms with Gasteiger partial charge in [-0.2, -0.15) is 0 Å². The Morgan fingerprint density at radius 1 is 1.29 bits per heavy atom. The second-order valence-corrected chi connectivity index (χ2v) is 9.26. The van der Waals surface area contributed by atoms with Gasteiger partial charge < -0.3 is 24.5 Å². The summed E-state index contributed by atoms with van der Waals surface area (Å²) in [5.74, 6) is -0.799. The monoisotopic (exact) mass is 467 g/mol. The molecule has 0 radical (unpaired) electrons. The number of fused-ring (bicyclic) bond motifs is 5. The van der Waals surface area contributed by atoms with Crippen LogP contribution in [0.4, 0.5) is 10.1 Å². The van der Waals surface area contributed by atoms with Crippen LogP contribution in [-0.4, -0.2) is 47.2 Å². The molecule has 0 spiro atoms. The van der Waals surface area contributed by atoms with Crippen molar-refractivity contribution < 1.29 is 23.6 Å². The van der Waals surface area contributed by atoms with E-state index < -0.39 is 17.8 Å². The van der Waals surface area contributed by atoms with Crippen LogP contribution in [0.1, 0.15) is 42.4 Å². The van der Waals surface area contributed by atoms with Gasteiger partial charge in [0.25, 0.3) is 11.5 Å². The lowest BCUT2D eigenvalue weighted by Crippen LogP contribution is -3.18. The summed E-state index contributed by atoms with van der Waals surface area (Å²) in [6.07, 6.45) is 1.01. The molecule has 0 aliphatic carbocycles. The van der Waals surface area contributed by atoms with E-state index in [-0.39, 0.29) is 35.4 Å². The molecule has 2 aliphatic heterocycles. The first-order valence-corrected chi connectivity index (χ1v) is 11.7. The van der Waals surface area contributed by atoms with Crippen molar-refractivity contribution in [1.29, 1.82) is 0 Å². The van der Waals surface area contributed by atoms with E-state index in [1.165, 1.54) is 18.2 Å². The van der Waals surface area contributed by atoms with E-state index in [0.29, 0.717) is 23.4 Å². The Labute approximate surface area is 195 Å². The number of amides is 1. The first-order valence-electron chi connectivity index (χ1n) is 11.7. The van der Waals surface area contributed by atoms with Gasteiger partial charge in [0, 0.05) is 41.0 Å². The standard InChI is InChI=1S/C25H27FN4O4/c1-3-34-25(33)23-22(18-10-17(26)7-8-19(18)27-23)28-24(32)14(2)29-11-15-9-16(13-29)20-5-4-6-21(31)30(20)12-15/h4-8,10,14-16,27H,3,9,11-13H2,1-2H3,(H,28,32)/p+1/t14-,15-,16+/m0/s1. The van der Waals surface area contributed by atoms with Crippen LogP contribution < -0.4 is 15.8 Å². The minimum Gasteiger partial charge on any atom is -0.461 e. The number of H-pyrrole nitrogens is 1. The van der Waals surface area contributed by atoms with Gasteiger partial charge in [0.1, 0.15) is 11.5 Å². The van der Waals surface area contributed by atoms with E-state index in [4.69, 9.17) is 4.74 Å². The summed E-state index contributed by atoms with van der Waals surface area (Å²) in [4.78, 5) is 42.2. The van der Waals surface area contributed by atoms with Crippen LogP contribution in [0, 0.1) is 11.7 Å². The molecule has 2 aliphatic rings. The molecule has 1 unspecified atom stereocenters. The average molecular weight is 468 g/mol. The van der Waals surface area contributed by atoms with E-state index in [2.05, 4.69) is 10.3 Å². The molecule has 2 aromatic heterocycles. The number of nitrogens with zero attached hydrogens (tertiary/aromatic N) is 1. The minimum absolute atomic E-state index is 0.0273. The van der Waals surface area contributed by atoms with E-state index >= 15 is 0 Å². The predicted molar refractivity (Wildman–Crippen MR) is 125 cm³/mol. The summed E-state index contributed by atoms with van der Waals surface area (Å²) >= 11 is 0. The van der Waals surface area contributed by atoms with Crippen LogP contribution in [0.5, 0.6) is 0 Å². The van der Waals surface area contributed by atoms with Crippen LogP contribution >= 0.6 is 0 Å². The minimum atomic E-state index is -0.607. The lowest BCUT2D eigenvalue weighted by Gasteiger charge is -2.42. The van der Waals surface area contributed by atoms with Crippen LogP contribution in [0.15, 0.2) is 41.2 Å². The van der Waals surface area contributed by atoms with E-state index in [9.17, 15) is 18.8 Å². The normalized spacial score (nSPS) is 22.1. The number of hydrogen-bond acceptors (Lipinski definition) is 4. The fourth-order valence-electron chi connectivity index (χ4n) is 5.47. The Morgan fingerprint density at radius 2 is 2.12 bits per heavy atom. The first kappa shape index (κ1) is 22.3. The zero-order chi connectivity index (χ0) is 24.0. The molecule has 5 rings (SSSR count). The van der Waals surface area contributed by atoms with Crippen LogP contribution in [0.3, 0.4) is 0 Å². The lowest BCUT2D eigenvalue weighted by atomic mass is 9.82. The highest BCUT2D eigenvalue weighted by Gasteiger charge is 2.40. The van der Waals surface area contributed by atoms with Crippen molar-refractivity contribution in [2.75, 3.05) is 25.0 Å². The summed E-state index contributed by atoms with van der Waals surface area (Å²) in [5.41, 5.74) is 1.93. The van der Waals surface area contributed by atoms with Crippen molar-refractivity contribution >= 4 is 28.5 Å². The Kier molecular flexibility index (Phi) is 5.73. The number of benzene rings is 1. The number of anilines is 1. The van der Waals surface area contributed by atoms with Gasteiger partial charge in [-0.1, -0.05) is 6.07 Å². The molecule has 9 heteroatoms. The van der Waals surface area contributed by atoms with Gasteiger partial charge in [-0.25, -0.2) is 9.18 Å². The number of ether oxygens (including phenoxy) is 1. The molecule has 3 aromatic rings. The van der Waals surface area contributed by atoms with Gasteiger partial charge in [0.15, 0.2) is 6.04 Å². The third-order valence-electron chi connectivity index (χ3n) is 7.11. The molecule has 1 fully saturated rings. The second kappa shape index (κ2) is 8.72. The largest absolute Gasteiger partial charge is 0.461 e. The maximum absolute atomic E-state index is 14.0. The zero-order valence-corrected chi connectivity index (χ0v) is 19.2. The molecule has 3 N–H and O–H groups in total. The number of rotatable bonds is 5. The van der Waals surface area contributed by atoms with Crippen molar-refractivity contribution in [3.8, 4) is 0 Å². The van der Waals surface area contributed by atoms with Crippen molar-refractivity contribution in [1.82, 2.24) is 9.55 Å². The number of quaternary nitrogens is 1. The van der Waals surface area contributed by atoms with Crippen LogP contribution in [0.2, 0.25) is 0 Å². The van der Waals surface area contributed by atoms with Gasteiger partial charge >= 0.3 is 5.97 Å². The van der Waals surface area contributed by atoms with Crippen LogP contribution in [-0.2, 0) is 16.1 Å². The molecule has 1 saturated heterocycles. The Bertz CT molecular complexity index is 1330. The fraction of sp³-hybridized carbons (Fsp3) is 0.400. The molecule has 4 atom stereocenters. The number of halogens is 1. The summed E-state index contributed by atoms with van der Waals surface area (Å²) in [7, 11) is 0. The van der Waals surface area contributed by atoms with Gasteiger partial charge in [-0.15, -0.1) is 0 Å². The van der Waals surface area contributed by atoms with Crippen LogP contribution in [0.25, 0.3) is 10.9 Å². The third kappa shape index (κ3) is 3.90. The summed E-state index contributed by atoms with van der Waals surface area (Å²) in [6.45, 7) is 5.92. The zero-order valence-electron chi connectivity index (χ0n) is 19.2. The number of carbonyl (C=O) groups excluding carboxylic acids is 2. The quantitative estimate of drug-likeness (QED) is 0.498. The number of aromatic nitrogens is 2. The maximum atomic E-state index is 14.0. The number of carbonyl (C=O) groups is 2. The number of nitrogens with one attached hydrogen (secondary N) is 3. The molecule has 178 valence electrons. The van der Waals surface area contributed by atoms with Gasteiger partial charge in [0.05, 0.1) is 25.4 Å². The molecule has 2 bridgehead atoms. The first-order chi connectivity index (χ1) is 16.4. The molecule has 0 saturated carbocycles.